The number of piperidine rings is 2. The van der Waals surface area contributed by atoms with Crippen molar-refractivity contribution in [3.63, 3.8) is 0 Å². The molecule has 32 heavy (non-hydrogen) atoms. The van der Waals surface area contributed by atoms with Crippen LogP contribution in [0.3, 0.4) is 0 Å². The van der Waals surface area contributed by atoms with E-state index in [0.717, 1.165) is 6.42 Å². The SMILES string of the molecule is CCCS(=O)(=O)N1CCC[C@@H](C(=O)Nc2ccc(S(=O)(=O)N3C[C@H](C)C[C@H](C)C3)cc2)C1. The first-order chi connectivity index (χ1) is 15.0. The molecule has 10 heteroatoms. The maximum Gasteiger partial charge on any atom is 0.243 e. The highest BCUT2D eigenvalue weighted by Crippen LogP contribution is 2.27. The first-order valence-corrected chi connectivity index (χ1v) is 14.5. The predicted molar refractivity (Wildman–Crippen MR) is 125 cm³/mol. The zero-order valence-corrected chi connectivity index (χ0v) is 20.8. The van der Waals surface area contributed by atoms with Crippen molar-refractivity contribution in [2.45, 2.75) is 51.3 Å². The Bertz CT molecular complexity index is 999. The average molecular weight is 486 g/mol. The second kappa shape index (κ2) is 10.2. The topological polar surface area (TPSA) is 104 Å². The molecule has 8 nitrogen and oxygen atoms in total. The molecule has 2 fully saturated rings. The van der Waals surface area contributed by atoms with Gasteiger partial charge in [0.25, 0.3) is 0 Å². The van der Waals surface area contributed by atoms with Crippen LogP contribution in [0.4, 0.5) is 5.69 Å². The van der Waals surface area contributed by atoms with Crippen molar-refractivity contribution in [2.24, 2.45) is 17.8 Å². The molecule has 1 amide bonds. The first-order valence-electron chi connectivity index (χ1n) is 11.4. The Balaban J connectivity index is 1.64. The molecule has 0 aromatic heterocycles. The van der Waals surface area contributed by atoms with Crippen LogP contribution in [0.25, 0.3) is 0 Å². The Morgan fingerprint density at radius 3 is 2.22 bits per heavy atom. The van der Waals surface area contributed by atoms with Gasteiger partial charge in [0, 0.05) is 31.9 Å². The van der Waals surface area contributed by atoms with Crippen molar-refractivity contribution >= 4 is 31.6 Å². The fraction of sp³-hybridized carbons (Fsp3) is 0.682. The Hall–Kier alpha value is -1.49. The summed E-state index contributed by atoms with van der Waals surface area (Å²) in [5.74, 6) is 0.0728. The van der Waals surface area contributed by atoms with Gasteiger partial charge in [-0.3, -0.25) is 4.79 Å². The lowest BCUT2D eigenvalue weighted by Crippen LogP contribution is -2.44. The number of hydrogen-bond donors (Lipinski definition) is 1. The van der Waals surface area contributed by atoms with Crippen molar-refractivity contribution in [3.8, 4) is 0 Å². The van der Waals surface area contributed by atoms with Crippen LogP contribution in [0.2, 0.25) is 0 Å². The van der Waals surface area contributed by atoms with Gasteiger partial charge in [0.1, 0.15) is 0 Å². The molecule has 1 aromatic rings. The molecule has 3 atom stereocenters. The third-order valence-corrected chi connectivity index (χ3v) is 10.1. The summed E-state index contributed by atoms with van der Waals surface area (Å²) in [5.41, 5.74) is 0.503. The molecule has 0 saturated carbocycles. The minimum atomic E-state index is -3.58. The minimum absolute atomic E-state index is 0.0891. The number of rotatable bonds is 7. The summed E-state index contributed by atoms with van der Waals surface area (Å²) in [6.45, 7) is 7.63. The molecule has 0 bridgehead atoms. The fourth-order valence-corrected chi connectivity index (χ4v) is 7.97. The van der Waals surface area contributed by atoms with Crippen molar-refractivity contribution < 1.29 is 21.6 Å². The van der Waals surface area contributed by atoms with Gasteiger partial charge in [0.2, 0.25) is 26.0 Å². The van der Waals surface area contributed by atoms with Crippen LogP contribution in [-0.4, -0.2) is 63.3 Å². The van der Waals surface area contributed by atoms with E-state index in [2.05, 4.69) is 19.2 Å². The van der Waals surface area contributed by atoms with Gasteiger partial charge < -0.3 is 5.32 Å². The highest BCUT2D eigenvalue weighted by atomic mass is 32.2. The molecule has 1 aromatic carbocycles. The fourth-order valence-electron chi connectivity index (χ4n) is 4.70. The van der Waals surface area contributed by atoms with Crippen molar-refractivity contribution in [2.75, 3.05) is 37.2 Å². The average Bonchev–Trinajstić information content (AvgIpc) is 2.73. The van der Waals surface area contributed by atoms with Gasteiger partial charge in [-0.2, -0.15) is 4.31 Å². The Morgan fingerprint density at radius 2 is 1.62 bits per heavy atom. The van der Waals surface area contributed by atoms with Crippen LogP contribution in [-0.2, 0) is 24.8 Å². The standard InChI is InChI=1S/C22H35N3O5S2/c1-4-12-31(27,28)24-11-5-6-19(16-24)22(26)23-20-7-9-21(10-8-20)32(29,30)25-14-17(2)13-18(3)15-25/h7-10,17-19H,4-6,11-16H2,1-3H3,(H,23,26)/t17-,18+,19-/m1/s1. The molecular formula is C22H35N3O5S2. The van der Waals surface area contributed by atoms with E-state index in [9.17, 15) is 21.6 Å². The smallest absolute Gasteiger partial charge is 0.243 e. The van der Waals surface area contributed by atoms with Gasteiger partial charge in [0.15, 0.2) is 0 Å². The number of carbonyl (C=O) groups excluding carboxylic acids is 1. The Kier molecular flexibility index (Phi) is 8.01. The molecule has 2 heterocycles. The van der Waals surface area contributed by atoms with Gasteiger partial charge >= 0.3 is 0 Å². The van der Waals surface area contributed by atoms with Crippen molar-refractivity contribution in [1.29, 1.82) is 0 Å². The number of benzene rings is 1. The van der Waals surface area contributed by atoms with Gasteiger partial charge in [-0.15, -0.1) is 0 Å². The van der Waals surface area contributed by atoms with Crippen LogP contribution in [0.1, 0.15) is 46.5 Å². The summed E-state index contributed by atoms with van der Waals surface area (Å²) < 4.78 is 53.7. The second-order valence-electron chi connectivity index (χ2n) is 9.29. The van der Waals surface area contributed by atoms with Crippen LogP contribution < -0.4 is 5.32 Å². The number of nitrogens with one attached hydrogen (secondary N) is 1. The van der Waals surface area contributed by atoms with E-state index < -0.39 is 26.0 Å². The zero-order chi connectivity index (χ0) is 23.5. The van der Waals surface area contributed by atoms with Crippen molar-refractivity contribution in [1.82, 2.24) is 8.61 Å². The number of anilines is 1. The van der Waals surface area contributed by atoms with Crippen LogP contribution in [0.5, 0.6) is 0 Å². The molecule has 0 spiro atoms. The van der Waals surface area contributed by atoms with E-state index in [0.29, 0.717) is 56.4 Å². The highest BCUT2D eigenvalue weighted by Gasteiger charge is 2.33. The zero-order valence-electron chi connectivity index (χ0n) is 19.2. The monoisotopic (exact) mass is 485 g/mol. The van der Waals surface area contributed by atoms with Gasteiger partial charge in [0.05, 0.1) is 16.6 Å². The quantitative estimate of drug-likeness (QED) is 0.640. The first kappa shape index (κ1) is 25.1. The van der Waals surface area contributed by atoms with E-state index >= 15 is 0 Å². The van der Waals surface area contributed by atoms with E-state index in [-0.39, 0.29) is 23.1 Å². The molecule has 1 N–H and O–H groups in total. The van der Waals surface area contributed by atoms with Crippen LogP contribution in [0, 0.1) is 17.8 Å². The van der Waals surface area contributed by atoms with Gasteiger partial charge in [-0.25, -0.2) is 21.1 Å². The third-order valence-electron chi connectivity index (χ3n) is 6.21. The van der Waals surface area contributed by atoms with Crippen LogP contribution in [0.15, 0.2) is 29.2 Å². The minimum Gasteiger partial charge on any atom is -0.326 e. The van der Waals surface area contributed by atoms with Crippen molar-refractivity contribution in [3.05, 3.63) is 24.3 Å². The molecule has 3 rings (SSSR count). The Labute approximate surface area is 192 Å². The lowest BCUT2D eigenvalue weighted by Gasteiger charge is -2.34. The lowest BCUT2D eigenvalue weighted by atomic mass is 9.94. The molecule has 0 radical (unpaired) electrons. The number of nitrogens with zero attached hydrogens (tertiary/aromatic N) is 2. The summed E-state index contributed by atoms with van der Waals surface area (Å²) >= 11 is 0. The third kappa shape index (κ3) is 5.89. The summed E-state index contributed by atoms with van der Waals surface area (Å²) in [7, 11) is -6.91. The molecule has 2 aliphatic heterocycles. The summed E-state index contributed by atoms with van der Waals surface area (Å²) in [5, 5.41) is 2.82. The second-order valence-corrected chi connectivity index (χ2v) is 13.3. The van der Waals surface area contributed by atoms with E-state index in [1.165, 1.54) is 16.4 Å². The Morgan fingerprint density at radius 1 is 1.00 bits per heavy atom. The number of hydrogen-bond acceptors (Lipinski definition) is 5. The predicted octanol–water partition coefficient (Wildman–Crippen LogP) is 2.74. The van der Waals surface area contributed by atoms with Gasteiger partial charge in [-0.1, -0.05) is 20.8 Å². The maximum absolute atomic E-state index is 13.0. The molecule has 0 unspecified atom stereocenters. The number of amides is 1. The molecular weight excluding hydrogens is 450 g/mol. The summed E-state index contributed by atoms with van der Waals surface area (Å²) in [4.78, 5) is 13.0. The number of carbonyl (C=O) groups is 1. The van der Waals surface area contributed by atoms with E-state index in [4.69, 9.17) is 0 Å². The summed E-state index contributed by atoms with van der Waals surface area (Å²) in [6, 6.07) is 6.23. The molecule has 2 saturated heterocycles. The maximum atomic E-state index is 13.0. The molecule has 0 aliphatic carbocycles. The normalized spacial score (nSPS) is 26.0. The van der Waals surface area contributed by atoms with Gasteiger partial charge in [-0.05, 0) is 61.8 Å². The summed E-state index contributed by atoms with van der Waals surface area (Å²) in [6.07, 6.45) is 2.84. The number of sulfonamides is 2. The van der Waals surface area contributed by atoms with Crippen LogP contribution >= 0.6 is 0 Å². The van der Waals surface area contributed by atoms with E-state index in [1.807, 2.05) is 6.92 Å². The largest absolute Gasteiger partial charge is 0.326 e. The lowest BCUT2D eigenvalue weighted by molar-refractivity contribution is -0.120. The highest BCUT2D eigenvalue weighted by molar-refractivity contribution is 7.89. The molecule has 180 valence electrons. The molecule has 2 aliphatic rings. The van der Waals surface area contributed by atoms with E-state index in [1.54, 1.807) is 16.4 Å².